The maximum atomic E-state index is 12.0. The van der Waals surface area contributed by atoms with E-state index in [0.29, 0.717) is 12.6 Å². The van der Waals surface area contributed by atoms with Crippen molar-refractivity contribution in [2.45, 2.75) is 44.2 Å². The molecule has 5 heteroatoms. The second-order valence-corrected chi connectivity index (χ2v) is 6.52. The van der Waals surface area contributed by atoms with E-state index >= 15 is 0 Å². The Hall–Kier alpha value is -1.75. The van der Waals surface area contributed by atoms with Crippen molar-refractivity contribution >= 4 is 6.03 Å². The molecule has 1 aromatic rings. The van der Waals surface area contributed by atoms with Crippen LogP contribution in [0.3, 0.4) is 0 Å². The summed E-state index contributed by atoms with van der Waals surface area (Å²) in [7, 11) is 1.69. The molecule has 1 aliphatic heterocycles. The second-order valence-electron chi connectivity index (χ2n) is 6.52. The fraction of sp³-hybridized carbons (Fsp3) is 0.611. The number of nitrogens with zero attached hydrogens (tertiary/aromatic N) is 1. The van der Waals surface area contributed by atoms with Crippen LogP contribution in [0.4, 0.5) is 4.79 Å². The Balaban J connectivity index is 1.67. The molecule has 1 heterocycles. The Morgan fingerprint density at radius 3 is 2.78 bits per heavy atom. The number of benzene rings is 1. The van der Waals surface area contributed by atoms with Crippen LogP contribution in [0.1, 0.15) is 43.7 Å². The van der Waals surface area contributed by atoms with Crippen molar-refractivity contribution in [2.24, 2.45) is 0 Å². The first-order valence-corrected chi connectivity index (χ1v) is 8.68. The third kappa shape index (κ3) is 4.61. The lowest BCUT2D eigenvalue weighted by Crippen LogP contribution is -2.44. The standard InChI is InChI=1S/C18H27N3O2/c1-23-16-7-5-6-14(12-16)17(21-10-3-2-4-11-21)13-19-18(22)20-15-8-9-15/h5-7,12,15,17H,2-4,8-11,13H2,1H3,(H2,19,20,22). The van der Waals surface area contributed by atoms with Crippen LogP contribution in [0.25, 0.3) is 0 Å². The van der Waals surface area contributed by atoms with Crippen LogP contribution in [0, 0.1) is 0 Å². The van der Waals surface area contributed by atoms with Gasteiger partial charge >= 0.3 is 6.03 Å². The lowest BCUT2D eigenvalue weighted by molar-refractivity contribution is 0.160. The van der Waals surface area contributed by atoms with Crippen LogP contribution in [0.2, 0.25) is 0 Å². The number of amides is 2. The molecule has 2 N–H and O–H groups in total. The predicted molar refractivity (Wildman–Crippen MR) is 90.7 cm³/mol. The summed E-state index contributed by atoms with van der Waals surface area (Å²) in [5.74, 6) is 0.868. The molecular weight excluding hydrogens is 290 g/mol. The Bertz CT molecular complexity index is 525. The average Bonchev–Trinajstić information content (AvgIpc) is 3.40. The molecule has 3 rings (SSSR count). The molecule has 5 nitrogen and oxygen atoms in total. The molecule has 126 valence electrons. The zero-order valence-electron chi connectivity index (χ0n) is 13.9. The number of methoxy groups -OCH3 is 1. The molecule has 23 heavy (non-hydrogen) atoms. The Morgan fingerprint density at radius 2 is 2.09 bits per heavy atom. The van der Waals surface area contributed by atoms with Gasteiger partial charge in [-0.3, -0.25) is 4.90 Å². The third-order valence-corrected chi connectivity index (χ3v) is 4.68. The molecule has 1 unspecified atom stereocenters. The number of likely N-dealkylation sites (tertiary alicyclic amines) is 1. The molecule has 1 saturated heterocycles. The first-order valence-electron chi connectivity index (χ1n) is 8.68. The minimum absolute atomic E-state index is 0.0441. The molecule has 2 amide bonds. The summed E-state index contributed by atoms with van der Waals surface area (Å²) in [5, 5.41) is 6.05. The normalized spacial score (nSPS) is 19.9. The molecular formula is C18H27N3O2. The number of ether oxygens (including phenoxy) is 1. The number of piperidine rings is 1. The molecule has 0 spiro atoms. The molecule has 2 fully saturated rings. The van der Waals surface area contributed by atoms with E-state index in [1.54, 1.807) is 7.11 Å². The van der Waals surface area contributed by atoms with Crippen molar-refractivity contribution in [1.82, 2.24) is 15.5 Å². The van der Waals surface area contributed by atoms with Crippen LogP contribution in [0.5, 0.6) is 5.75 Å². The van der Waals surface area contributed by atoms with Crippen molar-refractivity contribution in [3.63, 3.8) is 0 Å². The number of urea groups is 1. The molecule has 0 aromatic heterocycles. The highest BCUT2D eigenvalue weighted by molar-refractivity contribution is 5.74. The van der Waals surface area contributed by atoms with Gasteiger partial charge in [0, 0.05) is 12.6 Å². The summed E-state index contributed by atoms with van der Waals surface area (Å²) >= 11 is 0. The molecule has 1 aromatic carbocycles. The number of nitrogens with one attached hydrogen (secondary N) is 2. The second kappa shape index (κ2) is 7.68. The topological polar surface area (TPSA) is 53.6 Å². The van der Waals surface area contributed by atoms with Gasteiger partial charge in [-0.2, -0.15) is 0 Å². The third-order valence-electron chi connectivity index (χ3n) is 4.68. The zero-order chi connectivity index (χ0) is 16.1. The van der Waals surface area contributed by atoms with Gasteiger partial charge in [-0.25, -0.2) is 4.79 Å². The minimum Gasteiger partial charge on any atom is -0.497 e. The Kier molecular flexibility index (Phi) is 5.39. The highest BCUT2D eigenvalue weighted by Gasteiger charge is 2.26. The van der Waals surface area contributed by atoms with Gasteiger partial charge < -0.3 is 15.4 Å². The number of rotatable bonds is 6. The molecule has 0 bridgehead atoms. The van der Waals surface area contributed by atoms with E-state index in [1.807, 2.05) is 12.1 Å². The first-order chi connectivity index (χ1) is 11.3. The van der Waals surface area contributed by atoms with Gasteiger partial charge in [-0.05, 0) is 56.5 Å². The molecule has 1 atom stereocenters. The smallest absolute Gasteiger partial charge is 0.315 e. The maximum Gasteiger partial charge on any atom is 0.315 e. The SMILES string of the molecule is COc1cccc(C(CNC(=O)NC2CC2)N2CCCCC2)c1. The van der Waals surface area contributed by atoms with Crippen LogP contribution in [0.15, 0.2) is 24.3 Å². The number of hydrogen-bond donors (Lipinski definition) is 2. The van der Waals surface area contributed by atoms with E-state index < -0.39 is 0 Å². The van der Waals surface area contributed by atoms with Gasteiger partial charge in [-0.1, -0.05) is 18.6 Å². The Labute approximate surface area is 138 Å². The summed E-state index contributed by atoms with van der Waals surface area (Å²) in [5.41, 5.74) is 1.21. The summed E-state index contributed by atoms with van der Waals surface area (Å²) in [4.78, 5) is 14.5. The van der Waals surface area contributed by atoms with Crippen molar-refractivity contribution in [3.8, 4) is 5.75 Å². The fourth-order valence-corrected chi connectivity index (χ4v) is 3.19. The minimum atomic E-state index is -0.0441. The van der Waals surface area contributed by atoms with Gasteiger partial charge in [0.1, 0.15) is 5.75 Å². The van der Waals surface area contributed by atoms with Crippen molar-refractivity contribution in [2.75, 3.05) is 26.7 Å². The molecule has 0 radical (unpaired) electrons. The van der Waals surface area contributed by atoms with Crippen LogP contribution in [-0.2, 0) is 0 Å². The monoisotopic (exact) mass is 317 g/mol. The van der Waals surface area contributed by atoms with E-state index in [-0.39, 0.29) is 12.1 Å². The number of carbonyl (C=O) groups is 1. The zero-order valence-corrected chi connectivity index (χ0v) is 13.9. The van der Waals surface area contributed by atoms with Crippen LogP contribution >= 0.6 is 0 Å². The summed E-state index contributed by atoms with van der Waals surface area (Å²) < 4.78 is 5.36. The quantitative estimate of drug-likeness (QED) is 0.848. The highest BCUT2D eigenvalue weighted by atomic mass is 16.5. The number of hydrogen-bond acceptors (Lipinski definition) is 3. The molecule has 2 aliphatic rings. The Morgan fingerprint density at radius 1 is 1.30 bits per heavy atom. The highest BCUT2D eigenvalue weighted by Crippen LogP contribution is 2.27. The van der Waals surface area contributed by atoms with Gasteiger partial charge in [0.15, 0.2) is 0 Å². The van der Waals surface area contributed by atoms with E-state index in [2.05, 4.69) is 27.7 Å². The van der Waals surface area contributed by atoms with E-state index in [9.17, 15) is 4.79 Å². The first kappa shape index (κ1) is 16.1. The van der Waals surface area contributed by atoms with Gasteiger partial charge in [0.2, 0.25) is 0 Å². The maximum absolute atomic E-state index is 12.0. The largest absolute Gasteiger partial charge is 0.497 e. The van der Waals surface area contributed by atoms with Crippen LogP contribution in [-0.4, -0.2) is 43.7 Å². The average molecular weight is 317 g/mol. The van der Waals surface area contributed by atoms with Gasteiger partial charge in [0.25, 0.3) is 0 Å². The van der Waals surface area contributed by atoms with E-state index in [4.69, 9.17) is 4.74 Å². The van der Waals surface area contributed by atoms with E-state index in [1.165, 1.54) is 24.8 Å². The van der Waals surface area contributed by atoms with E-state index in [0.717, 1.165) is 31.7 Å². The van der Waals surface area contributed by atoms with Crippen LogP contribution < -0.4 is 15.4 Å². The summed E-state index contributed by atoms with van der Waals surface area (Å²) in [6.07, 6.45) is 5.98. The molecule has 1 aliphatic carbocycles. The number of carbonyl (C=O) groups excluding carboxylic acids is 1. The summed E-state index contributed by atoms with van der Waals surface area (Å²) in [6, 6.07) is 8.74. The summed E-state index contributed by atoms with van der Waals surface area (Å²) in [6.45, 7) is 2.81. The lowest BCUT2D eigenvalue weighted by atomic mass is 10.0. The van der Waals surface area contributed by atoms with Crippen molar-refractivity contribution in [1.29, 1.82) is 0 Å². The van der Waals surface area contributed by atoms with Crippen molar-refractivity contribution < 1.29 is 9.53 Å². The fourth-order valence-electron chi connectivity index (χ4n) is 3.19. The molecule has 1 saturated carbocycles. The predicted octanol–water partition coefficient (Wildman–Crippen LogP) is 2.68. The van der Waals surface area contributed by atoms with Crippen molar-refractivity contribution in [3.05, 3.63) is 29.8 Å². The lowest BCUT2D eigenvalue weighted by Gasteiger charge is -2.35. The van der Waals surface area contributed by atoms with Gasteiger partial charge in [0.05, 0.1) is 13.2 Å². The van der Waals surface area contributed by atoms with Gasteiger partial charge in [-0.15, -0.1) is 0 Å².